The summed E-state index contributed by atoms with van der Waals surface area (Å²) >= 11 is 6.07. The second kappa shape index (κ2) is 9.09. The van der Waals surface area contributed by atoms with Gasteiger partial charge in [-0.1, -0.05) is 25.4 Å². The minimum Gasteiger partial charge on any atom is -0.374 e. The van der Waals surface area contributed by atoms with Crippen LogP contribution in [0.1, 0.15) is 37.0 Å². The predicted octanol–water partition coefficient (Wildman–Crippen LogP) is 1.87. The van der Waals surface area contributed by atoms with Crippen molar-refractivity contribution in [2.45, 2.75) is 43.7 Å². The summed E-state index contributed by atoms with van der Waals surface area (Å²) in [6.45, 7) is 8.04. The molecule has 1 unspecified atom stereocenters. The number of ether oxygens (including phenoxy) is 1. The summed E-state index contributed by atoms with van der Waals surface area (Å²) in [7, 11) is -3.73. The molecular weight excluding hydrogens is 402 g/mol. The monoisotopic (exact) mass is 429 g/mol. The van der Waals surface area contributed by atoms with Crippen LogP contribution in [0.5, 0.6) is 0 Å². The summed E-state index contributed by atoms with van der Waals surface area (Å²) < 4.78 is 33.2. The molecule has 28 heavy (non-hydrogen) atoms. The van der Waals surface area contributed by atoms with Gasteiger partial charge in [-0.3, -0.25) is 9.69 Å². The van der Waals surface area contributed by atoms with Crippen molar-refractivity contribution >= 4 is 27.5 Å². The van der Waals surface area contributed by atoms with Crippen molar-refractivity contribution in [3.05, 3.63) is 28.8 Å². The molecular formula is C19H28ClN3O4S. The number of carbonyl (C=O) groups excluding carboxylic acids is 1. The molecule has 1 aliphatic carbocycles. The van der Waals surface area contributed by atoms with Crippen LogP contribution in [0.2, 0.25) is 5.02 Å². The minimum atomic E-state index is -3.73. The van der Waals surface area contributed by atoms with Crippen molar-refractivity contribution in [1.29, 1.82) is 0 Å². The van der Waals surface area contributed by atoms with E-state index in [1.54, 1.807) is 0 Å². The number of halogens is 1. The molecule has 1 amide bonds. The van der Waals surface area contributed by atoms with E-state index in [2.05, 4.69) is 28.8 Å². The van der Waals surface area contributed by atoms with Crippen molar-refractivity contribution in [2.24, 2.45) is 5.92 Å². The average Bonchev–Trinajstić information content (AvgIpc) is 3.43. The highest BCUT2D eigenvalue weighted by molar-refractivity contribution is 7.89. The normalized spacial score (nSPS) is 21.1. The van der Waals surface area contributed by atoms with Crippen LogP contribution < -0.4 is 10.0 Å². The van der Waals surface area contributed by atoms with Crippen LogP contribution in [0.25, 0.3) is 0 Å². The first-order chi connectivity index (χ1) is 13.2. The number of hydrogen-bond donors (Lipinski definition) is 2. The van der Waals surface area contributed by atoms with Gasteiger partial charge in [0.05, 0.1) is 17.7 Å². The fraction of sp³-hybridized carbons (Fsp3) is 0.632. The zero-order valence-corrected chi connectivity index (χ0v) is 17.9. The van der Waals surface area contributed by atoms with E-state index >= 15 is 0 Å². The molecule has 1 atom stereocenters. The maximum Gasteiger partial charge on any atom is 0.251 e. The van der Waals surface area contributed by atoms with Crippen LogP contribution in [-0.2, 0) is 14.8 Å². The van der Waals surface area contributed by atoms with Gasteiger partial charge in [0.1, 0.15) is 4.90 Å². The van der Waals surface area contributed by atoms with E-state index < -0.39 is 10.0 Å². The Labute approximate surface area is 171 Å². The number of nitrogens with zero attached hydrogens (tertiary/aromatic N) is 1. The number of carbonyl (C=O) groups is 1. The summed E-state index contributed by atoms with van der Waals surface area (Å²) in [4.78, 5) is 14.8. The molecule has 156 valence electrons. The predicted molar refractivity (Wildman–Crippen MR) is 108 cm³/mol. The summed E-state index contributed by atoms with van der Waals surface area (Å²) in [6.07, 6.45) is 1.57. The molecule has 1 heterocycles. The molecule has 2 aliphatic rings. The largest absolute Gasteiger partial charge is 0.374 e. The highest BCUT2D eigenvalue weighted by Crippen LogP contribution is 2.26. The topological polar surface area (TPSA) is 87.7 Å². The highest BCUT2D eigenvalue weighted by Gasteiger charge is 2.30. The molecule has 0 bridgehead atoms. The molecule has 1 saturated heterocycles. The lowest BCUT2D eigenvalue weighted by atomic mass is 10.1. The lowest BCUT2D eigenvalue weighted by Crippen LogP contribution is -2.48. The van der Waals surface area contributed by atoms with E-state index in [0.29, 0.717) is 19.1 Å². The second-order valence-corrected chi connectivity index (χ2v) is 9.99. The van der Waals surface area contributed by atoms with E-state index in [-0.39, 0.29) is 33.5 Å². The number of rotatable bonds is 8. The van der Waals surface area contributed by atoms with Gasteiger partial charge in [0.2, 0.25) is 10.0 Å². The summed E-state index contributed by atoms with van der Waals surface area (Å²) in [5, 5.41) is 2.95. The molecule has 1 aliphatic heterocycles. The van der Waals surface area contributed by atoms with E-state index in [0.717, 1.165) is 32.5 Å². The van der Waals surface area contributed by atoms with Gasteiger partial charge in [0, 0.05) is 37.8 Å². The molecule has 7 nitrogen and oxygen atoms in total. The SMILES string of the molecule is CC(C)CN1CCOC(CNC(=O)c2ccc(Cl)c(S(=O)(=O)NC3CC3)c2)C1. The molecule has 3 rings (SSSR count). The Balaban J connectivity index is 1.60. The molecule has 9 heteroatoms. The Morgan fingerprint density at radius 1 is 1.36 bits per heavy atom. The first-order valence-electron chi connectivity index (χ1n) is 9.68. The molecule has 0 radical (unpaired) electrons. The quantitative estimate of drug-likeness (QED) is 0.658. The Morgan fingerprint density at radius 2 is 2.11 bits per heavy atom. The molecule has 0 spiro atoms. The zero-order chi connectivity index (χ0) is 20.3. The Kier molecular flexibility index (Phi) is 6.98. The smallest absolute Gasteiger partial charge is 0.251 e. The number of hydrogen-bond acceptors (Lipinski definition) is 5. The van der Waals surface area contributed by atoms with E-state index in [4.69, 9.17) is 16.3 Å². The van der Waals surface area contributed by atoms with Gasteiger partial charge >= 0.3 is 0 Å². The molecule has 1 aromatic carbocycles. The summed E-state index contributed by atoms with van der Waals surface area (Å²) in [6, 6.07) is 4.27. The van der Waals surface area contributed by atoms with Crippen LogP contribution >= 0.6 is 11.6 Å². The molecule has 1 saturated carbocycles. The summed E-state index contributed by atoms with van der Waals surface area (Å²) in [5.41, 5.74) is 0.260. The van der Waals surface area contributed by atoms with Crippen LogP contribution in [0, 0.1) is 5.92 Å². The number of benzene rings is 1. The second-order valence-electron chi connectivity index (χ2n) is 7.90. The Hall–Kier alpha value is -1.19. The lowest BCUT2D eigenvalue weighted by molar-refractivity contribution is -0.0295. The van der Waals surface area contributed by atoms with Crippen molar-refractivity contribution in [1.82, 2.24) is 14.9 Å². The van der Waals surface area contributed by atoms with Crippen LogP contribution in [-0.4, -0.2) is 64.2 Å². The van der Waals surface area contributed by atoms with E-state index in [1.165, 1.54) is 18.2 Å². The Bertz CT molecular complexity index is 811. The summed E-state index contributed by atoms with van der Waals surface area (Å²) in [5.74, 6) is 0.233. The molecule has 0 aromatic heterocycles. The zero-order valence-electron chi connectivity index (χ0n) is 16.3. The fourth-order valence-corrected chi connectivity index (χ4v) is 5.06. The van der Waals surface area contributed by atoms with Crippen LogP contribution in [0.4, 0.5) is 0 Å². The molecule has 2 N–H and O–H groups in total. The van der Waals surface area contributed by atoms with Crippen molar-refractivity contribution in [3.63, 3.8) is 0 Å². The van der Waals surface area contributed by atoms with Gasteiger partial charge < -0.3 is 10.1 Å². The fourth-order valence-electron chi connectivity index (χ4n) is 3.23. The van der Waals surface area contributed by atoms with Gasteiger partial charge in [-0.05, 0) is 37.0 Å². The van der Waals surface area contributed by atoms with Gasteiger partial charge in [0.15, 0.2) is 0 Å². The third kappa shape index (κ3) is 5.90. The first kappa shape index (κ1) is 21.5. The van der Waals surface area contributed by atoms with Gasteiger partial charge in [0.25, 0.3) is 5.91 Å². The molecule has 2 fully saturated rings. The van der Waals surface area contributed by atoms with E-state index in [9.17, 15) is 13.2 Å². The standard InChI is InChI=1S/C19H28ClN3O4S/c1-13(2)11-23-7-8-27-16(12-23)10-21-19(24)14-3-6-17(20)18(9-14)28(25,26)22-15-4-5-15/h3,6,9,13,15-16,22H,4-5,7-8,10-12H2,1-2H3,(H,21,24). The van der Waals surface area contributed by atoms with Gasteiger partial charge in [-0.15, -0.1) is 0 Å². The number of amides is 1. The maximum absolute atomic E-state index is 12.5. The van der Waals surface area contributed by atoms with Crippen LogP contribution in [0.15, 0.2) is 23.1 Å². The third-order valence-electron chi connectivity index (χ3n) is 4.72. The lowest BCUT2D eigenvalue weighted by Gasteiger charge is -2.33. The number of sulfonamides is 1. The molecule has 1 aromatic rings. The van der Waals surface area contributed by atoms with E-state index in [1.807, 2.05) is 0 Å². The van der Waals surface area contributed by atoms with Crippen LogP contribution in [0.3, 0.4) is 0 Å². The Morgan fingerprint density at radius 3 is 2.79 bits per heavy atom. The van der Waals surface area contributed by atoms with Gasteiger partial charge in [-0.2, -0.15) is 0 Å². The maximum atomic E-state index is 12.5. The number of morpholine rings is 1. The number of nitrogens with one attached hydrogen (secondary N) is 2. The highest BCUT2D eigenvalue weighted by atomic mass is 35.5. The van der Waals surface area contributed by atoms with Gasteiger partial charge in [-0.25, -0.2) is 13.1 Å². The first-order valence-corrected chi connectivity index (χ1v) is 11.5. The van der Waals surface area contributed by atoms with Crippen molar-refractivity contribution in [2.75, 3.05) is 32.8 Å². The van der Waals surface area contributed by atoms with Crippen molar-refractivity contribution in [3.8, 4) is 0 Å². The minimum absolute atomic E-state index is 0.0317. The average molecular weight is 430 g/mol. The van der Waals surface area contributed by atoms with Crippen molar-refractivity contribution < 1.29 is 17.9 Å². The third-order valence-corrected chi connectivity index (χ3v) is 6.72.